The summed E-state index contributed by atoms with van der Waals surface area (Å²) in [7, 11) is 2.13. The third-order valence-electron chi connectivity index (χ3n) is 4.57. The summed E-state index contributed by atoms with van der Waals surface area (Å²) < 4.78 is 0. The number of rotatable bonds is 1. The van der Waals surface area contributed by atoms with Crippen molar-refractivity contribution < 1.29 is 4.79 Å². The second kappa shape index (κ2) is 5.44. The molecular formula is C16H23N3O. The molecule has 1 aromatic rings. The van der Waals surface area contributed by atoms with E-state index in [1.807, 2.05) is 17.0 Å². The smallest absolute Gasteiger partial charge is 0.254 e. The predicted molar refractivity (Wildman–Crippen MR) is 81.2 cm³/mol. The molecule has 2 aliphatic heterocycles. The lowest BCUT2D eigenvalue weighted by molar-refractivity contribution is 0.0571. The number of benzene rings is 1. The highest BCUT2D eigenvalue weighted by molar-refractivity contribution is 5.97. The van der Waals surface area contributed by atoms with E-state index in [1.54, 1.807) is 0 Å². The third kappa shape index (κ3) is 2.40. The molecule has 0 spiro atoms. The van der Waals surface area contributed by atoms with Crippen LogP contribution >= 0.6 is 0 Å². The maximum absolute atomic E-state index is 12.8. The number of hydrogen-bond donors (Lipinski definition) is 1. The quantitative estimate of drug-likeness (QED) is 0.848. The van der Waals surface area contributed by atoms with E-state index in [2.05, 4.69) is 30.3 Å². The van der Waals surface area contributed by atoms with Gasteiger partial charge in [-0.25, -0.2) is 0 Å². The Balaban J connectivity index is 1.84. The van der Waals surface area contributed by atoms with E-state index in [-0.39, 0.29) is 5.91 Å². The highest BCUT2D eigenvalue weighted by atomic mass is 16.2. The lowest BCUT2D eigenvalue weighted by Gasteiger charge is -2.38. The summed E-state index contributed by atoms with van der Waals surface area (Å²) in [5, 5.41) is 3.40. The highest BCUT2D eigenvalue weighted by Gasteiger charge is 2.27. The van der Waals surface area contributed by atoms with Crippen LogP contribution in [0.1, 0.15) is 29.3 Å². The van der Waals surface area contributed by atoms with Gasteiger partial charge in [-0.1, -0.05) is 6.07 Å². The number of piperazine rings is 1. The molecule has 0 aliphatic carbocycles. The number of nitrogens with one attached hydrogen (secondary N) is 1. The predicted octanol–water partition coefficient (Wildman–Crippen LogP) is 1.82. The molecule has 0 bridgehead atoms. The Morgan fingerprint density at radius 1 is 1.35 bits per heavy atom. The van der Waals surface area contributed by atoms with Gasteiger partial charge in [0, 0.05) is 43.5 Å². The molecule has 1 amide bonds. The van der Waals surface area contributed by atoms with Crippen LogP contribution in [0.4, 0.5) is 5.69 Å². The lowest BCUT2D eigenvalue weighted by atomic mass is 9.96. The lowest BCUT2D eigenvalue weighted by Crippen LogP contribution is -2.52. The number of amides is 1. The molecule has 2 aliphatic rings. The summed E-state index contributed by atoms with van der Waals surface area (Å²) in [6.07, 6.45) is 2.12. The molecule has 1 aromatic carbocycles. The van der Waals surface area contributed by atoms with E-state index >= 15 is 0 Å². The van der Waals surface area contributed by atoms with E-state index in [4.69, 9.17) is 0 Å². The van der Waals surface area contributed by atoms with Gasteiger partial charge in [-0.15, -0.1) is 0 Å². The molecule has 108 valence electrons. The largest absolute Gasteiger partial charge is 0.385 e. The van der Waals surface area contributed by atoms with Gasteiger partial charge in [0.25, 0.3) is 5.91 Å². The molecule has 4 nitrogen and oxygen atoms in total. The Morgan fingerprint density at radius 3 is 3.00 bits per heavy atom. The summed E-state index contributed by atoms with van der Waals surface area (Å²) in [6.45, 7) is 5.81. The van der Waals surface area contributed by atoms with Crippen LogP contribution in [0.15, 0.2) is 18.2 Å². The number of carbonyl (C=O) groups excluding carboxylic acids is 1. The van der Waals surface area contributed by atoms with Gasteiger partial charge < -0.3 is 15.1 Å². The zero-order chi connectivity index (χ0) is 14.1. The van der Waals surface area contributed by atoms with E-state index in [9.17, 15) is 4.79 Å². The Bertz CT molecular complexity index is 514. The van der Waals surface area contributed by atoms with Gasteiger partial charge in [-0.05, 0) is 44.5 Å². The van der Waals surface area contributed by atoms with Gasteiger partial charge in [0.2, 0.25) is 0 Å². The minimum Gasteiger partial charge on any atom is -0.385 e. The summed E-state index contributed by atoms with van der Waals surface area (Å²) in [5.41, 5.74) is 3.24. The van der Waals surface area contributed by atoms with Crippen molar-refractivity contribution in [2.75, 3.05) is 38.5 Å². The summed E-state index contributed by atoms with van der Waals surface area (Å²) in [6, 6.07) is 6.49. The number of fused-ring (bicyclic) bond motifs is 1. The minimum absolute atomic E-state index is 0.200. The van der Waals surface area contributed by atoms with Crippen molar-refractivity contribution in [3.63, 3.8) is 0 Å². The van der Waals surface area contributed by atoms with Crippen LogP contribution in [-0.4, -0.2) is 55.0 Å². The van der Waals surface area contributed by atoms with Gasteiger partial charge in [0.05, 0.1) is 0 Å². The topological polar surface area (TPSA) is 35.6 Å². The molecule has 2 heterocycles. The fraction of sp³-hybridized carbons (Fsp3) is 0.562. The van der Waals surface area contributed by atoms with Crippen molar-refractivity contribution in [2.45, 2.75) is 25.8 Å². The zero-order valence-electron chi connectivity index (χ0n) is 12.4. The number of hydrogen-bond acceptors (Lipinski definition) is 3. The van der Waals surface area contributed by atoms with Crippen LogP contribution in [0.25, 0.3) is 0 Å². The monoisotopic (exact) mass is 273 g/mol. The summed E-state index contributed by atoms with van der Waals surface area (Å²) >= 11 is 0. The van der Waals surface area contributed by atoms with E-state index in [0.717, 1.165) is 50.3 Å². The van der Waals surface area contributed by atoms with E-state index in [0.29, 0.717) is 6.04 Å². The Morgan fingerprint density at radius 2 is 2.20 bits per heavy atom. The molecule has 4 heteroatoms. The average molecular weight is 273 g/mol. The first-order chi connectivity index (χ1) is 9.66. The molecule has 1 atom stereocenters. The number of likely N-dealkylation sites (N-methyl/N-ethyl adjacent to an activating group) is 1. The van der Waals surface area contributed by atoms with Gasteiger partial charge in [0.15, 0.2) is 0 Å². The van der Waals surface area contributed by atoms with Crippen LogP contribution in [-0.2, 0) is 6.42 Å². The second-order valence-corrected chi connectivity index (χ2v) is 5.94. The molecule has 3 rings (SSSR count). The number of carbonyl (C=O) groups is 1. The van der Waals surface area contributed by atoms with Gasteiger partial charge in [-0.2, -0.15) is 0 Å². The molecule has 1 fully saturated rings. The van der Waals surface area contributed by atoms with E-state index in [1.165, 1.54) is 5.56 Å². The van der Waals surface area contributed by atoms with E-state index < -0.39 is 0 Å². The Kier molecular flexibility index (Phi) is 3.66. The third-order valence-corrected chi connectivity index (χ3v) is 4.57. The van der Waals surface area contributed by atoms with Crippen LogP contribution < -0.4 is 5.32 Å². The Labute approximate surface area is 120 Å². The maximum Gasteiger partial charge on any atom is 0.254 e. The molecule has 1 unspecified atom stereocenters. The van der Waals surface area contributed by atoms with Crippen LogP contribution in [0.3, 0.4) is 0 Å². The van der Waals surface area contributed by atoms with Crippen molar-refractivity contribution >= 4 is 11.6 Å². The first-order valence-corrected chi connectivity index (χ1v) is 7.52. The van der Waals surface area contributed by atoms with Crippen molar-refractivity contribution in [1.29, 1.82) is 0 Å². The SMILES string of the molecule is CC1CN(C(=O)c2cccc3c2CCCN3)CCN1C. The van der Waals surface area contributed by atoms with Crippen molar-refractivity contribution in [3.05, 3.63) is 29.3 Å². The van der Waals surface area contributed by atoms with Crippen molar-refractivity contribution in [2.24, 2.45) is 0 Å². The molecular weight excluding hydrogens is 250 g/mol. The standard InChI is InChI=1S/C16H23N3O/c1-12-11-19(10-9-18(12)2)16(20)14-5-3-7-15-13(14)6-4-8-17-15/h3,5,7,12,17H,4,6,8-11H2,1-2H3. The summed E-state index contributed by atoms with van der Waals surface area (Å²) in [4.78, 5) is 17.1. The fourth-order valence-corrected chi connectivity index (χ4v) is 3.11. The number of anilines is 1. The second-order valence-electron chi connectivity index (χ2n) is 5.94. The minimum atomic E-state index is 0.200. The molecule has 0 saturated carbocycles. The van der Waals surface area contributed by atoms with Gasteiger partial charge >= 0.3 is 0 Å². The first kappa shape index (κ1) is 13.4. The fourth-order valence-electron chi connectivity index (χ4n) is 3.11. The molecule has 1 N–H and O–H groups in total. The maximum atomic E-state index is 12.8. The molecule has 0 aromatic heterocycles. The van der Waals surface area contributed by atoms with Gasteiger partial charge in [-0.3, -0.25) is 4.79 Å². The highest BCUT2D eigenvalue weighted by Crippen LogP contribution is 2.26. The normalized spacial score (nSPS) is 23.1. The molecule has 1 saturated heterocycles. The zero-order valence-corrected chi connectivity index (χ0v) is 12.4. The van der Waals surface area contributed by atoms with Crippen LogP contribution in [0.5, 0.6) is 0 Å². The first-order valence-electron chi connectivity index (χ1n) is 7.52. The Hall–Kier alpha value is -1.55. The molecule has 20 heavy (non-hydrogen) atoms. The van der Waals surface area contributed by atoms with Gasteiger partial charge in [0.1, 0.15) is 0 Å². The number of nitrogens with zero attached hydrogens (tertiary/aromatic N) is 2. The van der Waals surface area contributed by atoms with Crippen molar-refractivity contribution in [3.8, 4) is 0 Å². The van der Waals surface area contributed by atoms with Crippen molar-refractivity contribution in [1.82, 2.24) is 9.80 Å². The van der Waals surface area contributed by atoms with Crippen LogP contribution in [0, 0.1) is 0 Å². The average Bonchev–Trinajstić information content (AvgIpc) is 2.49. The summed E-state index contributed by atoms with van der Waals surface area (Å²) in [5.74, 6) is 0.200. The van der Waals surface area contributed by atoms with Crippen LogP contribution in [0.2, 0.25) is 0 Å². The molecule has 0 radical (unpaired) electrons.